The van der Waals surface area contributed by atoms with Gasteiger partial charge >= 0.3 is 6.61 Å². The normalized spacial score (nSPS) is 14.7. The summed E-state index contributed by atoms with van der Waals surface area (Å²) in [4.78, 5) is 17.9. The summed E-state index contributed by atoms with van der Waals surface area (Å²) in [5.74, 6) is 0.311. The van der Waals surface area contributed by atoms with Crippen molar-refractivity contribution in [2.45, 2.75) is 13.0 Å². The first-order valence-corrected chi connectivity index (χ1v) is 7.06. The van der Waals surface area contributed by atoms with Gasteiger partial charge in [-0.3, -0.25) is 4.79 Å². The Morgan fingerprint density at radius 1 is 1.35 bits per heavy atom. The third-order valence-corrected chi connectivity index (χ3v) is 3.47. The molecule has 2 aromatic heterocycles. The summed E-state index contributed by atoms with van der Waals surface area (Å²) >= 11 is 0. The second-order valence-corrected chi connectivity index (χ2v) is 4.99. The van der Waals surface area contributed by atoms with E-state index in [1.807, 2.05) is 12.1 Å². The van der Waals surface area contributed by atoms with E-state index in [4.69, 9.17) is 4.42 Å². The minimum absolute atomic E-state index is 0.210. The molecule has 0 radical (unpaired) electrons. The van der Waals surface area contributed by atoms with E-state index in [1.54, 1.807) is 17.2 Å². The summed E-state index contributed by atoms with van der Waals surface area (Å²) in [7, 11) is 0. The van der Waals surface area contributed by atoms with E-state index < -0.39 is 6.61 Å². The predicted octanol–water partition coefficient (Wildman–Crippen LogP) is 3.21. The molecule has 0 unspecified atom stereocenters. The number of halogens is 2. The lowest BCUT2D eigenvalue weighted by molar-refractivity contribution is -0.0528. The lowest BCUT2D eigenvalue weighted by Crippen LogP contribution is -2.35. The highest BCUT2D eigenvalue weighted by Gasteiger charge is 2.21. The van der Waals surface area contributed by atoms with Crippen molar-refractivity contribution in [1.29, 1.82) is 0 Å². The molecule has 0 spiro atoms. The molecular formula is C16H14F2N2O3. The molecule has 5 nitrogen and oxygen atoms in total. The second-order valence-electron chi connectivity index (χ2n) is 4.99. The van der Waals surface area contributed by atoms with E-state index in [1.165, 1.54) is 18.3 Å². The number of alkyl halides is 2. The van der Waals surface area contributed by atoms with E-state index in [2.05, 4.69) is 9.72 Å². The van der Waals surface area contributed by atoms with Crippen LogP contribution in [0.4, 0.5) is 8.78 Å². The summed E-state index contributed by atoms with van der Waals surface area (Å²) < 4.78 is 33.7. The van der Waals surface area contributed by atoms with Crippen LogP contribution >= 0.6 is 0 Å². The van der Waals surface area contributed by atoms with Gasteiger partial charge in [0.05, 0.1) is 11.8 Å². The average Bonchev–Trinajstić information content (AvgIpc) is 3.09. The fourth-order valence-electron chi connectivity index (χ4n) is 2.41. The average molecular weight is 320 g/mol. The highest BCUT2D eigenvalue weighted by Crippen LogP contribution is 2.22. The Bertz CT molecular complexity index is 697. The van der Waals surface area contributed by atoms with Gasteiger partial charge in [0.15, 0.2) is 0 Å². The largest absolute Gasteiger partial charge is 0.465 e. The van der Waals surface area contributed by atoms with Gasteiger partial charge < -0.3 is 14.1 Å². The zero-order valence-corrected chi connectivity index (χ0v) is 12.1. The van der Waals surface area contributed by atoms with Crippen molar-refractivity contribution in [3.8, 4) is 5.88 Å². The topological polar surface area (TPSA) is 55.6 Å². The van der Waals surface area contributed by atoms with Crippen molar-refractivity contribution >= 4 is 11.5 Å². The minimum Gasteiger partial charge on any atom is -0.465 e. The van der Waals surface area contributed by atoms with E-state index in [9.17, 15) is 13.6 Å². The highest BCUT2D eigenvalue weighted by molar-refractivity contribution is 5.95. The number of hydrogen-bond donors (Lipinski definition) is 0. The maximum absolute atomic E-state index is 12.5. The van der Waals surface area contributed by atoms with Crippen LogP contribution in [0.2, 0.25) is 0 Å². The van der Waals surface area contributed by atoms with Crippen LogP contribution in [0.3, 0.4) is 0 Å². The fraction of sp³-hybridized carbons (Fsp3) is 0.250. The molecule has 3 heterocycles. The standard InChI is InChI=1S/C16H14F2N2O3/c17-16(18)23-14-6-5-11(9-19-14)15(21)20-7-1-3-12(10-20)13-4-2-8-22-13/h2-6,8-9,16H,1,7,10H2. The quantitative estimate of drug-likeness (QED) is 0.868. The zero-order valence-electron chi connectivity index (χ0n) is 12.1. The molecule has 0 fully saturated rings. The first kappa shape index (κ1) is 15.2. The molecule has 0 aromatic carbocycles. The Balaban J connectivity index is 1.69. The predicted molar refractivity (Wildman–Crippen MR) is 78.1 cm³/mol. The molecule has 3 rings (SSSR count). The molecule has 2 aromatic rings. The molecule has 0 aliphatic carbocycles. The van der Waals surface area contributed by atoms with Crippen LogP contribution in [0.15, 0.2) is 47.2 Å². The summed E-state index contributed by atoms with van der Waals surface area (Å²) in [5, 5.41) is 0. The van der Waals surface area contributed by atoms with Gasteiger partial charge in [-0.1, -0.05) is 6.08 Å². The van der Waals surface area contributed by atoms with Gasteiger partial charge in [0.2, 0.25) is 5.88 Å². The number of rotatable bonds is 4. The molecule has 0 saturated carbocycles. The molecule has 1 aliphatic rings. The Labute approximate surface area is 131 Å². The van der Waals surface area contributed by atoms with Crippen molar-refractivity contribution in [2.24, 2.45) is 0 Å². The van der Waals surface area contributed by atoms with Crippen LogP contribution in [0, 0.1) is 0 Å². The van der Waals surface area contributed by atoms with Crippen molar-refractivity contribution < 1.29 is 22.7 Å². The van der Waals surface area contributed by atoms with Crippen molar-refractivity contribution in [3.63, 3.8) is 0 Å². The van der Waals surface area contributed by atoms with Gasteiger partial charge in [-0.05, 0) is 24.6 Å². The van der Waals surface area contributed by atoms with Crippen LogP contribution in [0.25, 0.3) is 5.57 Å². The lowest BCUT2D eigenvalue weighted by atomic mass is 10.1. The zero-order chi connectivity index (χ0) is 16.2. The molecule has 1 amide bonds. The number of aromatic nitrogens is 1. The van der Waals surface area contributed by atoms with Gasteiger partial charge in [0.25, 0.3) is 5.91 Å². The lowest BCUT2D eigenvalue weighted by Gasteiger charge is -2.26. The van der Waals surface area contributed by atoms with E-state index >= 15 is 0 Å². The van der Waals surface area contributed by atoms with Gasteiger partial charge in [-0.2, -0.15) is 8.78 Å². The monoisotopic (exact) mass is 320 g/mol. The van der Waals surface area contributed by atoms with Crippen LogP contribution in [0.1, 0.15) is 22.5 Å². The summed E-state index contributed by atoms with van der Waals surface area (Å²) in [5.41, 5.74) is 1.27. The maximum Gasteiger partial charge on any atom is 0.388 e. The summed E-state index contributed by atoms with van der Waals surface area (Å²) in [6.45, 7) is -1.92. The molecule has 1 aliphatic heterocycles. The Morgan fingerprint density at radius 2 is 2.22 bits per heavy atom. The maximum atomic E-state index is 12.5. The molecule has 120 valence electrons. The van der Waals surface area contributed by atoms with Crippen LogP contribution in [-0.4, -0.2) is 35.5 Å². The van der Waals surface area contributed by atoms with E-state index in [0.717, 1.165) is 17.8 Å². The number of amides is 1. The van der Waals surface area contributed by atoms with Crippen molar-refractivity contribution in [1.82, 2.24) is 9.88 Å². The van der Waals surface area contributed by atoms with Gasteiger partial charge in [0, 0.05) is 30.9 Å². The number of nitrogens with zero attached hydrogens (tertiary/aromatic N) is 2. The number of pyridine rings is 1. The number of ether oxygens (including phenoxy) is 1. The molecule has 0 bridgehead atoms. The Hall–Kier alpha value is -2.70. The Morgan fingerprint density at radius 3 is 2.87 bits per heavy atom. The second kappa shape index (κ2) is 6.60. The smallest absolute Gasteiger partial charge is 0.388 e. The molecule has 7 heteroatoms. The van der Waals surface area contributed by atoms with E-state index in [0.29, 0.717) is 18.7 Å². The fourth-order valence-corrected chi connectivity index (χ4v) is 2.41. The number of furan rings is 1. The third-order valence-electron chi connectivity index (χ3n) is 3.47. The van der Waals surface area contributed by atoms with Crippen molar-refractivity contribution in [2.75, 3.05) is 13.1 Å². The molecule has 23 heavy (non-hydrogen) atoms. The third kappa shape index (κ3) is 3.56. The van der Waals surface area contributed by atoms with Gasteiger partial charge in [-0.25, -0.2) is 4.98 Å². The highest BCUT2D eigenvalue weighted by atomic mass is 19.3. The molecular weight excluding hydrogens is 306 g/mol. The van der Waals surface area contributed by atoms with Gasteiger partial charge in [0.1, 0.15) is 5.76 Å². The minimum atomic E-state index is -2.94. The Kier molecular flexibility index (Phi) is 4.36. The van der Waals surface area contributed by atoms with Crippen LogP contribution in [-0.2, 0) is 0 Å². The van der Waals surface area contributed by atoms with Gasteiger partial charge in [-0.15, -0.1) is 0 Å². The number of carbonyl (C=O) groups is 1. The summed E-state index contributed by atoms with van der Waals surface area (Å²) in [6.07, 6.45) is 5.59. The first-order chi connectivity index (χ1) is 11.1. The van der Waals surface area contributed by atoms with Crippen LogP contribution < -0.4 is 4.74 Å². The SMILES string of the molecule is O=C(c1ccc(OC(F)F)nc1)N1CCC=C(c2ccco2)C1. The van der Waals surface area contributed by atoms with Crippen molar-refractivity contribution in [3.05, 3.63) is 54.1 Å². The number of carbonyl (C=O) groups excluding carboxylic acids is 1. The number of hydrogen-bond acceptors (Lipinski definition) is 4. The summed E-state index contributed by atoms with van der Waals surface area (Å²) in [6, 6.07) is 6.32. The molecule has 0 atom stereocenters. The molecule has 0 N–H and O–H groups in total. The van der Waals surface area contributed by atoms with Crippen LogP contribution in [0.5, 0.6) is 5.88 Å². The van der Waals surface area contributed by atoms with E-state index in [-0.39, 0.29) is 11.8 Å². The first-order valence-electron chi connectivity index (χ1n) is 7.06. The molecule has 0 saturated heterocycles.